The zero-order chi connectivity index (χ0) is 20.1. The zero-order valence-electron chi connectivity index (χ0n) is 15.5. The molecule has 3 aromatic rings. The van der Waals surface area contributed by atoms with E-state index in [1.54, 1.807) is 50.2 Å². The zero-order valence-corrected chi connectivity index (χ0v) is 15.5. The molecule has 28 heavy (non-hydrogen) atoms. The minimum absolute atomic E-state index is 0.00638. The first-order chi connectivity index (χ1) is 13.5. The van der Waals surface area contributed by atoms with Crippen LogP contribution in [0.1, 0.15) is 16.8 Å². The molecule has 0 atom stereocenters. The Bertz CT molecular complexity index is 1110. The van der Waals surface area contributed by atoms with Crippen LogP contribution >= 0.6 is 0 Å². The second-order valence-corrected chi connectivity index (χ2v) is 6.12. The summed E-state index contributed by atoms with van der Waals surface area (Å²) >= 11 is 0. The first-order valence-electron chi connectivity index (χ1n) is 8.60. The number of carbonyl (C=O) groups excluding carboxylic acids is 1. The van der Waals surface area contributed by atoms with Gasteiger partial charge in [-0.25, -0.2) is 4.68 Å². The average Bonchev–Trinajstić information content (AvgIpc) is 2.69. The summed E-state index contributed by atoms with van der Waals surface area (Å²) in [5.74, 6) is 0.654. The molecular weight excluding hydrogens is 356 g/mol. The second-order valence-electron chi connectivity index (χ2n) is 6.12. The number of amides is 1. The molecule has 0 unspecified atom stereocenters. The van der Waals surface area contributed by atoms with E-state index in [9.17, 15) is 14.9 Å². The summed E-state index contributed by atoms with van der Waals surface area (Å²) in [4.78, 5) is 24.8. The van der Waals surface area contributed by atoms with E-state index < -0.39 is 11.5 Å². The van der Waals surface area contributed by atoms with Crippen molar-refractivity contribution in [2.75, 3.05) is 5.32 Å². The van der Waals surface area contributed by atoms with Gasteiger partial charge in [0.25, 0.3) is 5.56 Å². The minimum atomic E-state index is -0.588. The second kappa shape index (κ2) is 8.18. The van der Waals surface area contributed by atoms with Crippen molar-refractivity contribution in [1.29, 1.82) is 5.26 Å². The molecule has 0 saturated carbocycles. The molecule has 1 aromatic heterocycles. The summed E-state index contributed by atoms with van der Waals surface area (Å²) in [5.41, 5.74) is 0.916. The molecule has 0 radical (unpaired) electrons. The lowest BCUT2D eigenvalue weighted by Crippen LogP contribution is -2.32. The molecule has 0 bridgehead atoms. The molecule has 0 fully saturated rings. The molecule has 1 amide bonds. The lowest BCUT2D eigenvalue weighted by atomic mass is 10.1. The van der Waals surface area contributed by atoms with Crippen molar-refractivity contribution in [3.05, 3.63) is 81.8 Å². The van der Waals surface area contributed by atoms with Gasteiger partial charge in [-0.05, 0) is 43.7 Å². The highest BCUT2D eigenvalue weighted by Gasteiger charge is 2.15. The first kappa shape index (κ1) is 18.9. The molecule has 0 saturated heterocycles. The molecule has 2 aromatic carbocycles. The molecule has 7 heteroatoms. The van der Waals surface area contributed by atoms with Gasteiger partial charge in [0.1, 0.15) is 23.9 Å². The number of carbonyl (C=O) groups is 1. The monoisotopic (exact) mass is 374 g/mol. The van der Waals surface area contributed by atoms with Gasteiger partial charge in [0, 0.05) is 0 Å². The summed E-state index contributed by atoms with van der Waals surface area (Å²) in [6.45, 7) is 3.03. The highest BCUT2D eigenvalue weighted by atomic mass is 16.5. The van der Waals surface area contributed by atoms with E-state index in [1.807, 2.05) is 24.3 Å². The molecule has 3 rings (SSSR count). The van der Waals surface area contributed by atoms with Gasteiger partial charge in [0.15, 0.2) is 5.75 Å². The summed E-state index contributed by atoms with van der Waals surface area (Å²) < 4.78 is 6.81. The van der Waals surface area contributed by atoms with Gasteiger partial charge >= 0.3 is 0 Å². The summed E-state index contributed by atoms with van der Waals surface area (Å²) in [6.07, 6.45) is 0. The lowest BCUT2D eigenvalue weighted by molar-refractivity contribution is -0.117. The van der Waals surface area contributed by atoms with Crippen LogP contribution in [0.15, 0.2) is 59.4 Å². The van der Waals surface area contributed by atoms with Crippen molar-refractivity contribution < 1.29 is 9.53 Å². The number of benzene rings is 2. The summed E-state index contributed by atoms with van der Waals surface area (Å²) in [7, 11) is 0. The van der Waals surface area contributed by atoms with E-state index in [4.69, 9.17) is 4.74 Å². The number of nitrogens with one attached hydrogen (secondary N) is 1. The molecule has 1 N–H and O–H groups in total. The predicted molar refractivity (Wildman–Crippen MR) is 104 cm³/mol. The maximum atomic E-state index is 12.5. The van der Waals surface area contributed by atoms with Crippen molar-refractivity contribution in [3.8, 4) is 17.6 Å². The highest BCUT2D eigenvalue weighted by molar-refractivity contribution is 5.92. The van der Waals surface area contributed by atoms with Crippen LogP contribution in [-0.4, -0.2) is 15.7 Å². The fourth-order valence-electron chi connectivity index (χ4n) is 2.61. The summed E-state index contributed by atoms with van der Waals surface area (Å²) in [6, 6.07) is 18.1. The van der Waals surface area contributed by atoms with Gasteiger partial charge in [-0.1, -0.05) is 30.3 Å². The van der Waals surface area contributed by atoms with Crippen LogP contribution in [-0.2, 0) is 11.3 Å². The van der Waals surface area contributed by atoms with E-state index in [2.05, 4.69) is 10.4 Å². The van der Waals surface area contributed by atoms with Gasteiger partial charge in [-0.15, -0.1) is 0 Å². The number of nitriles is 1. The number of para-hydroxylation sites is 3. The topological polar surface area (TPSA) is 97.0 Å². The Morgan fingerprint density at radius 3 is 2.54 bits per heavy atom. The Balaban J connectivity index is 1.81. The Morgan fingerprint density at radius 2 is 1.82 bits per heavy atom. The number of nitrogens with zero attached hydrogens (tertiary/aromatic N) is 3. The van der Waals surface area contributed by atoms with Gasteiger partial charge < -0.3 is 10.1 Å². The fraction of sp³-hybridized carbons (Fsp3) is 0.143. The molecule has 0 spiro atoms. The van der Waals surface area contributed by atoms with Crippen molar-refractivity contribution in [3.63, 3.8) is 0 Å². The van der Waals surface area contributed by atoms with E-state index in [0.29, 0.717) is 28.4 Å². The third-order valence-electron chi connectivity index (χ3n) is 4.17. The van der Waals surface area contributed by atoms with E-state index in [0.717, 1.165) is 4.68 Å². The lowest BCUT2D eigenvalue weighted by Gasteiger charge is -2.13. The van der Waals surface area contributed by atoms with Crippen molar-refractivity contribution in [2.24, 2.45) is 0 Å². The van der Waals surface area contributed by atoms with Crippen molar-refractivity contribution in [2.45, 2.75) is 20.4 Å². The maximum Gasteiger partial charge on any atom is 0.285 e. The number of aromatic nitrogens is 2. The quantitative estimate of drug-likeness (QED) is 0.740. The largest absolute Gasteiger partial charge is 0.455 e. The van der Waals surface area contributed by atoms with Crippen LogP contribution in [0.4, 0.5) is 5.69 Å². The van der Waals surface area contributed by atoms with Gasteiger partial charge in [0.2, 0.25) is 5.91 Å². The number of aryl methyl sites for hydroxylation is 1. The number of hydrogen-bond acceptors (Lipinski definition) is 5. The van der Waals surface area contributed by atoms with Crippen LogP contribution in [0, 0.1) is 25.2 Å². The standard InChI is InChI=1S/C21H18N4O3/c1-14-15(2)24-25(21(27)17(14)12-22)13-20(26)23-18-10-6-7-11-19(18)28-16-8-4-3-5-9-16/h3-11H,13H2,1-2H3,(H,23,26). The maximum absolute atomic E-state index is 12.5. The highest BCUT2D eigenvalue weighted by Crippen LogP contribution is 2.29. The molecule has 0 aliphatic rings. The van der Waals surface area contributed by atoms with Gasteiger partial charge in [-0.2, -0.15) is 10.4 Å². The van der Waals surface area contributed by atoms with E-state index in [-0.39, 0.29) is 12.1 Å². The van der Waals surface area contributed by atoms with E-state index in [1.165, 1.54) is 0 Å². The molecule has 7 nitrogen and oxygen atoms in total. The number of rotatable bonds is 5. The fourth-order valence-corrected chi connectivity index (χ4v) is 2.61. The predicted octanol–water partition coefficient (Wildman–Crippen LogP) is 3.16. The van der Waals surface area contributed by atoms with Crippen LogP contribution in [0.2, 0.25) is 0 Å². The van der Waals surface area contributed by atoms with E-state index >= 15 is 0 Å². The van der Waals surface area contributed by atoms with Crippen LogP contribution in [0.25, 0.3) is 0 Å². The van der Waals surface area contributed by atoms with Crippen molar-refractivity contribution >= 4 is 11.6 Å². The Hall–Kier alpha value is -3.92. The van der Waals surface area contributed by atoms with Crippen LogP contribution in [0.3, 0.4) is 0 Å². The number of anilines is 1. The normalized spacial score (nSPS) is 10.2. The van der Waals surface area contributed by atoms with Gasteiger partial charge in [0.05, 0.1) is 11.4 Å². The van der Waals surface area contributed by atoms with Crippen molar-refractivity contribution in [1.82, 2.24) is 9.78 Å². The number of ether oxygens (including phenoxy) is 1. The molecule has 1 heterocycles. The third-order valence-corrected chi connectivity index (χ3v) is 4.17. The third kappa shape index (κ3) is 4.07. The molecule has 140 valence electrons. The molecular formula is C21H18N4O3. The molecule has 0 aliphatic carbocycles. The Morgan fingerprint density at radius 1 is 1.14 bits per heavy atom. The Labute approximate surface area is 161 Å². The van der Waals surface area contributed by atoms with Gasteiger partial charge in [-0.3, -0.25) is 9.59 Å². The smallest absolute Gasteiger partial charge is 0.285 e. The first-order valence-corrected chi connectivity index (χ1v) is 8.60. The van der Waals surface area contributed by atoms with Crippen LogP contribution < -0.4 is 15.6 Å². The summed E-state index contributed by atoms with van der Waals surface area (Å²) in [5, 5.41) is 16.0. The van der Waals surface area contributed by atoms with Crippen LogP contribution in [0.5, 0.6) is 11.5 Å². The molecule has 0 aliphatic heterocycles. The number of hydrogen-bond donors (Lipinski definition) is 1. The average molecular weight is 374 g/mol. The minimum Gasteiger partial charge on any atom is -0.455 e. The SMILES string of the molecule is Cc1nn(CC(=O)Nc2ccccc2Oc2ccccc2)c(=O)c(C#N)c1C. The Kier molecular flexibility index (Phi) is 5.51.